The molecule has 0 aliphatic carbocycles. The van der Waals surface area contributed by atoms with E-state index >= 15 is 0 Å². The molecule has 1 saturated heterocycles. The molecule has 0 spiro atoms. The van der Waals surface area contributed by atoms with Gasteiger partial charge in [-0.15, -0.1) is 0 Å². The number of hydrogen-bond donors (Lipinski definition) is 2. The monoisotopic (exact) mass is 382 g/mol. The lowest BCUT2D eigenvalue weighted by molar-refractivity contribution is -0.890. The van der Waals surface area contributed by atoms with Crippen molar-refractivity contribution in [2.45, 2.75) is 50.3 Å². The fourth-order valence-corrected chi connectivity index (χ4v) is 4.44. The van der Waals surface area contributed by atoms with Gasteiger partial charge in [0.25, 0.3) is 5.91 Å². The molecular weight excluding hydrogens is 350 g/mol. The van der Waals surface area contributed by atoms with Gasteiger partial charge in [-0.25, -0.2) is 12.7 Å². The van der Waals surface area contributed by atoms with Crippen molar-refractivity contribution < 1.29 is 18.1 Å². The van der Waals surface area contributed by atoms with Gasteiger partial charge in [-0.3, -0.25) is 4.79 Å². The third-order valence-electron chi connectivity index (χ3n) is 4.89. The van der Waals surface area contributed by atoms with E-state index in [4.69, 9.17) is 0 Å². The topological polar surface area (TPSA) is 70.9 Å². The molecule has 1 aliphatic rings. The maximum absolute atomic E-state index is 12.5. The molecule has 2 rings (SSSR count). The van der Waals surface area contributed by atoms with Crippen LogP contribution < -0.4 is 10.2 Å². The van der Waals surface area contributed by atoms with Gasteiger partial charge in [-0.2, -0.15) is 0 Å². The Morgan fingerprint density at radius 1 is 1.12 bits per heavy atom. The molecule has 26 heavy (non-hydrogen) atoms. The molecular formula is C19H32N3O3S+. The van der Waals surface area contributed by atoms with Crippen molar-refractivity contribution in [1.82, 2.24) is 4.31 Å². The van der Waals surface area contributed by atoms with Crippen LogP contribution in [0.2, 0.25) is 0 Å². The minimum atomic E-state index is -3.47. The van der Waals surface area contributed by atoms with Crippen molar-refractivity contribution in [2.75, 3.05) is 38.5 Å². The van der Waals surface area contributed by atoms with E-state index in [1.807, 2.05) is 6.92 Å². The first kappa shape index (κ1) is 20.9. The first-order chi connectivity index (χ1) is 12.4. The summed E-state index contributed by atoms with van der Waals surface area (Å²) in [6.07, 6.45) is 6.66. The summed E-state index contributed by atoms with van der Waals surface area (Å²) in [5.41, 5.74) is 0.638. The first-order valence-electron chi connectivity index (χ1n) is 9.63. The second-order valence-corrected chi connectivity index (χ2v) is 9.14. The van der Waals surface area contributed by atoms with Crippen LogP contribution in [-0.4, -0.2) is 51.9 Å². The summed E-state index contributed by atoms with van der Waals surface area (Å²) >= 11 is 0. The number of amides is 1. The number of rotatable bonds is 8. The number of benzene rings is 1. The average molecular weight is 383 g/mol. The predicted molar refractivity (Wildman–Crippen MR) is 104 cm³/mol. The molecule has 1 aromatic carbocycles. The van der Waals surface area contributed by atoms with E-state index in [2.05, 4.69) is 5.32 Å². The number of anilines is 1. The molecule has 7 heteroatoms. The molecule has 1 aromatic rings. The van der Waals surface area contributed by atoms with Crippen LogP contribution in [0, 0.1) is 0 Å². The maximum atomic E-state index is 12.5. The summed E-state index contributed by atoms with van der Waals surface area (Å²) in [7, 11) is -1.86. The number of carbonyl (C=O) groups is 1. The normalized spacial score (nSPS) is 16.4. The summed E-state index contributed by atoms with van der Waals surface area (Å²) in [6.45, 7) is 5.12. The number of likely N-dealkylation sites (tertiary alicyclic amines) is 1. The standard InChI is InChI=1S/C19H31N3O3S/c1-3-4-13-21(2)26(24,25)18-11-9-17(10-12-18)20-19(23)16-22-14-7-5-6-8-15-22/h9-12H,3-8,13-16H2,1-2H3,(H,20,23)/p+1. The van der Waals surface area contributed by atoms with Gasteiger partial charge in [0.05, 0.1) is 18.0 Å². The van der Waals surface area contributed by atoms with Gasteiger partial charge in [0.2, 0.25) is 10.0 Å². The van der Waals surface area contributed by atoms with Crippen molar-refractivity contribution in [3.8, 4) is 0 Å². The number of nitrogens with zero attached hydrogens (tertiary/aromatic N) is 1. The number of sulfonamides is 1. The fraction of sp³-hybridized carbons (Fsp3) is 0.632. The molecule has 0 atom stereocenters. The zero-order valence-electron chi connectivity index (χ0n) is 16.0. The summed E-state index contributed by atoms with van der Waals surface area (Å²) in [6, 6.07) is 6.45. The highest BCUT2D eigenvalue weighted by Gasteiger charge is 2.20. The molecule has 0 unspecified atom stereocenters. The quantitative estimate of drug-likeness (QED) is 0.716. The van der Waals surface area contributed by atoms with Crippen LogP contribution in [-0.2, 0) is 14.8 Å². The molecule has 0 radical (unpaired) electrons. The Kier molecular flexibility index (Phi) is 8.06. The SMILES string of the molecule is CCCCN(C)S(=O)(=O)c1ccc(NC(=O)C[NH+]2CCCCCC2)cc1. The van der Waals surface area contributed by atoms with Gasteiger partial charge >= 0.3 is 0 Å². The largest absolute Gasteiger partial charge is 0.327 e. The second-order valence-electron chi connectivity index (χ2n) is 7.09. The Morgan fingerprint density at radius 3 is 2.31 bits per heavy atom. The maximum Gasteiger partial charge on any atom is 0.279 e. The fourth-order valence-electron chi connectivity index (χ4n) is 3.23. The molecule has 0 bridgehead atoms. The van der Waals surface area contributed by atoms with Crippen molar-refractivity contribution in [2.24, 2.45) is 0 Å². The zero-order valence-corrected chi connectivity index (χ0v) is 16.8. The number of unbranched alkanes of at least 4 members (excludes halogenated alkanes) is 1. The molecule has 1 fully saturated rings. The van der Waals surface area contributed by atoms with Gasteiger partial charge in [-0.1, -0.05) is 13.3 Å². The second kappa shape index (κ2) is 10.0. The van der Waals surface area contributed by atoms with Crippen LogP contribution in [0.1, 0.15) is 45.4 Å². The summed E-state index contributed by atoms with van der Waals surface area (Å²) in [4.78, 5) is 13.8. The average Bonchev–Trinajstić information content (AvgIpc) is 2.88. The number of nitrogens with one attached hydrogen (secondary N) is 2. The van der Waals surface area contributed by atoms with E-state index in [9.17, 15) is 13.2 Å². The number of carbonyl (C=O) groups excluding carboxylic acids is 1. The molecule has 0 saturated carbocycles. The highest BCUT2D eigenvalue weighted by atomic mass is 32.2. The van der Waals surface area contributed by atoms with Gasteiger partial charge < -0.3 is 10.2 Å². The van der Waals surface area contributed by atoms with Crippen LogP contribution in [0.3, 0.4) is 0 Å². The smallest absolute Gasteiger partial charge is 0.279 e. The highest BCUT2D eigenvalue weighted by molar-refractivity contribution is 7.89. The molecule has 1 amide bonds. The van der Waals surface area contributed by atoms with Crippen molar-refractivity contribution in [3.63, 3.8) is 0 Å². The lowest BCUT2D eigenvalue weighted by Crippen LogP contribution is -3.12. The van der Waals surface area contributed by atoms with E-state index in [0.29, 0.717) is 18.8 Å². The van der Waals surface area contributed by atoms with Crippen molar-refractivity contribution in [3.05, 3.63) is 24.3 Å². The van der Waals surface area contributed by atoms with Crippen LogP contribution in [0.15, 0.2) is 29.2 Å². The van der Waals surface area contributed by atoms with E-state index in [1.165, 1.54) is 34.9 Å². The summed E-state index contributed by atoms with van der Waals surface area (Å²) < 4.78 is 26.4. The third kappa shape index (κ3) is 6.07. The van der Waals surface area contributed by atoms with Crippen LogP contribution in [0.4, 0.5) is 5.69 Å². The molecule has 2 N–H and O–H groups in total. The van der Waals surface area contributed by atoms with Crippen LogP contribution in [0.5, 0.6) is 0 Å². The zero-order chi connectivity index (χ0) is 19.0. The van der Waals surface area contributed by atoms with Crippen LogP contribution >= 0.6 is 0 Å². The van der Waals surface area contributed by atoms with Gasteiger partial charge in [0.15, 0.2) is 6.54 Å². The van der Waals surface area contributed by atoms with Gasteiger partial charge in [-0.05, 0) is 56.4 Å². The molecule has 0 aromatic heterocycles. The van der Waals surface area contributed by atoms with Gasteiger partial charge in [0.1, 0.15) is 0 Å². The van der Waals surface area contributed by atoms with Gasteiger partial charge in [0, 0.05) is 19.3 Å². The Bertz CT molecular complexity index is 666. The summed E-state index contributed by atoms with van der Waals surface area (Å²) in [5, 5.41) is 2.88. The lowest BCUT2D eigenvalue weighted by atomic mass is 10.2. The highest BCUT2D eigenvalue weighted by Crippen LogP contribution is 2.17. The molecule has 6 nitrogen and oxygen atoms in total. The molecule has 1 heterocycles. The molecule has 146 valence electrons. The Hall–Kier alpha value is -1.44. The third-order valence-corrected chi connectivity index (χ3v) is 6.77. The Labute approximate surface area is 157 Å². The van der Waals surface area contributed by atoms with Crippen LogP contribution in [0.25, 0.3) is 0 Å². The van der Waals surface area contributed by atoms with E-state index in [1.54, 1.807) is 31.3 Å². The summed E-state index contributed by atoms with van der Waals surface area (Å²) in [5.74, 6) is -0.0161. The van der Waals surface area contributed by atoms with E-state index < -0.39 is 10.0 Å². The predicted octanol–water partition coefficient (Wildman–Crippen LogP) is 1.50. The number of hydrogen-bond acceptors (Lipinski definition) is 3. The Morgan fingerprint density at radius 2 is 1.73 bits per heavy atom. The minimum absolute atomic E-state index is 0.0161. The Balaban J connectivity index is 1.93. The van der Waals surface area contributed by atoms with E-state index in [-0.39, 0.29) is 10.8 Å². The minimum Gasteiger partial charge on any atom is -0.327 e. The lowest BCUT2D eigenvalue weighted by Gasteiger charge is -2.18. The van der Waals surface area contributed by atoms with Crippen molar-refractivity contribution >= 4 is 21.6 Å². The number of quaternary nitrogens is 1. The first-order valence-corrected chi connectivity index (χ1v) is 11.1. The van der Waals surface area contributed by atoms with E-state index in [0.717, 1.165) is 25.9 Å². The van der Waals surface area contributed by atoms with Crippen molar-refractivity contribution in [1.29, 1.82) is 0 Å². The molecule has 1 aliphatic heterocycles.